The van der Waals surface area contributed by atoms with Crippen molar-refractivity contribution >= 4 is 0 Å². The van der Waals surface area contributed by atoms with Crippen LogP contribution in [0.2, 0.25) is 0 Å². The molecule has 0 amide bonds. The van der Waals surface area contributed by atoms with Crippen LogP contribution in [0.4, 0.5) is 0 Å². The fourth-order valence-corrected chi connectivity index (χ4v) is 5.27. The first-order valence-electron chi connectivity index (χ1n) is 9.93. The molecule has 3 rings (SSSR count). The minimum absolute atomic E-state index is 0.399. The van der Waals surface area contributed by atoms with Gasteiger partial charge in [-0.2, -0.15) is 0 Å². The van der Waals surface area contributed by atoms with Crippen LogP contribution in [0.3, 0.4) is 0 Å². The quantitative estimate of drug-likeness (QED) is 0.699. The molecule has 2 nitrogen and oxygen atoms in total. The summed E-state index contributed by atoms with van der Waals surface area (Å²) in [6.45, 7) is 10.8. The molecule has 0 aromatic rings. The number of hydrogen-bond donors (Lipinski definition) is 0. The molecule has 2 aliphatic heterocycles. The highest BCUT2D eigenvalue weighted by Gasteiger charge is 2.48. The van der Waals surface area contributed by atoms with E-state index in [1.165, 1.54) is 51.5 Å². The summed E-state index contributed by atoms with van der Waals surface area (Å²) in [5.41, 5.74) is 0.967. The number of rotatable bonds is 5. The van der Waals surface area contributed by atoms with Crippen LogP contribution in [0.5, 0.6) is 0 Å². The van der Waals surface area contributed by atoms with E-state index in [1.54, 1.807) is 0 Å². The highest BCUT2D eigenvalue weighted by molar-refractivity contribution is 5.03. The second-order valence-electron chi connectivity index (χ2n) is 9.22. The molecule has 0 radical (unpaired) electrons. The predicted molar refractivity (Wildman–Crippen MR) is 97.3 cm³/mol. The summed E-state index contributed by atoms with van der Waals surface area (Å²) >= 11 is 0. The summed E-state index contributed by atoms with van der Waals surface area (Å²) in [6, 6.07) is 0. The van der Waals surface area contributed by atoms with E-state index in [4.69, 9.17) is 4.74 Å². The van der Waals surface area contributed by atoms with Gasteiger partial charge in [-0.25, -0.2) is 0 Å². The molecule has 132 valence electrons. The Labute approximate surface area is 143 Å². The standard InChI is InChI=1S/C21H37NO/c1-17(19-7-5-6-10-21(19)15-23-16-21)8-9-18(2)20(3)11-13-22(4)14-12-20/h11,13,17-19H,5-10,12,14-16H2,1-4H3. The summed E-state index contributed by atoms with van der Waals surface area (Å²) in [6.07, 6.45) is 14.6. The maximum atomic E-state index is 5.63. The third kappa shape index (κ3) is 3.48. The van der Waals surface area contributed by atoms with Crippen molar-refractivity contribution < 1.29 is 4.74 Å². The Morgan fingerprint density at radius 2 is 1.96 bits per heavy atom. The Morgan fingerprint density at radius 3 is 2.57 bits per heavy atom. The largest absolute Gasteiger partial charge is 0.381 e. The number of nitrogens with zero attached hydrogens (tertiary/aromatic N) is 1. The zero-order valence-corrected chi connectivity index (χ0v) is 15.8. The van der Waals surface area contributed by atoms with Gasteiger partial charge in [0.1, 0.15) is 0 Å². The summed E-state index contributed by atoms with van der Waals surface area (Å²) in [4.78, 5) is 2.32. The molecule has 3 aliphatic rings. The summed E-state index contributed by atoms with van der Waals surface area (Å²) in [7, 11) is 2.19. The molecule has 1 spiro atoms. The van der Waals surface area contributed by atoms with Gasteiger partial charge in [0.25, 0.3) is 0 Å². The third-order valence-electron chi connectivity index (χ3n) is 7.59. The Bertz CT molecular complexity index is 428. The van der Waals surface area contributed by atoms with Crippen molar-refractivity contribution in [1.82, 2.24) is 4.90 Å². The molecular weight excluding hydrogens is 282 g/mol. The molecule has 1 saturated carbocycles. The van der Waals surface area contributed by atoms with E-state index in [-0.39, 0.29) is 0 Å². The van der Waals surface area contributed by atoms with Crippen LogP contribution < -0.4 is 0 Å². The van der Waals surface area contributed by atoms with E-state index in [1.807, 2.05) is 0 Å². The van der Waals surface area contributed by atoms with Crippen molar-refractivity contribution in [2.24, 2.45) is 28.6 Å². The van der Waals surface area contributed by atoms with Crippen molar-refractivity contribution in [2.45, 2.75) is 65.7 Å². The Hall–Kier alpha value is -0.500. The maximum absolute atomic E-state index is 5.63. The lowest BCUT2D eigenvalue weighted by Crippen LogP contribution is -2.52. The second-order valence-corrected chi connectivity index (χ2v) is 9.22. The monoisotopic (exact) mass is 319 g/mol. The van der Waals surface area contributed by atoms with Gasteiger partial charge < -0.3 is 9.64 Å². The Balaban J connectivity index is 1.54. The molecule has 2 fully saturated rings. The van der Waals surface area contributed by atoms with Gasteiger partial charge in [-0.3, -0.25) is 0 Å². The van der Waals surface area contributed by atoms with Gasteiger partial charge in [-0.05, 0) is 55.1 Å². The van der Waals surface area contributed by atoms with Gasteiger partial charge >= 0.3 is 0 Å². The number of ether oxygens (including phenoxy) is 1. The minimum atomic E-state index is 0.399. The smallest absolute Gasteiger partial charge is 0.0547 e. The molecule has 4 unspecified atom stereocenters. The van der Waals surface area contributed by atoms with E-state index in [0.717, 1.165) is 31.0 Å². The molecule has 1 saturated heterocycles. The zero-order chi connectivity index (χ0) is 16.5. The molecule has 0 aromatic heterocycles. The Kier molecular flexibility index (Phi) is 5.11. The van der Waals surface area contributed by atoms with Crippen molar-refractivity contribution in [3.05, 3.63) is 12.3 Å². The van der Waals surface area contributed by atoms with Crippen LogP contribution >= 0.6 is 0 Å². The lowest BCUT2D eigenvalue weighted by molar-refractivity contribution is -0.173. The van der Waals surface area contributed by atoms with Gasteiger partial charge in [-0.15, -0.1) is 0 Å². The van der Waals surface area contributed by atoms with Crippen LogP contribution in [0.1, 0.15) is 65.7 Å². The summed E-state index contributed by atoms with van der Waals surface area (Å²) < 4.78 is 5.63. The van der Waals surface area contributed by atoms with Gasteiger partial charge in [0.2, 0.25) is 0 Å². The molecule has 4 atom stereocenters. The molecule has 23 heavy (non-hydrogen) atoms. The Morgan fingerprint density at radius 1 is 1.17 bits per heavy atom. The van der Waals surface area contributed by atoms with Crippen molar-refractivity contribution in [1.29, 1.82) is 0 Å². The predicted octanol–water partition coefficient (Wildman–Crippen LogP) is 5.10. The van der Waals surface area contributed by atoms with Crippen molar-refractivity contribution in [3.63, 3.8) is 0 Å². The van der Waals surface area contributed by atoms with Gasteiger partial charge in [0, 0.05) is 19.0 Å². The first-order chi connectivity index (χ1) is 11.0. The first-order valence-corrected chi connectivity index (χ1v) is 9.93. The van der Waals surface area contributed by atoms with Gasteiger partial charge in [0.15, 0.2) is 0 Å². The normalized spacial score (nSPS) is 35.8. The molecule has 0 aromatic carbocycles. The van der Waals surface area contributed by atoms with Crippen LogP contribution in [-0.4, -0.2) is 31.7 Å². The highest BCUT2D eigenvalue weighted by Crippen LogP contribution is 2.51. The van der Waals surface area contributed by atoms with Crippen molar-refractivity contribution in [3.8, 4) is 0 Å². The lowest BCUT2D eigenvalue weighted by atomic mass is 9.59. The highest BCUT2D eigenvalue weighted by atomic mass is 16.5. The van der Waals surface area contributed by atoms with Crippen LogP contribution in [0.15, 0.2) is 12.3 Å². The lowest BCUT2D eigenvalue weighted by Gasteiger charge is -2.52. The fraction of sp³-hybridized carbons (Fsp3) is 0.905. The summed E-state index contributed by atoms with van der Waals surface area (Å²) in [5, 5.41) is 0. The second kappa shape index (κ2) is 6.78. The molecule has 0 bridgehead atoms. The van der Waals surface area contributed by atoms with Gasteiger partial charge in [0.05, 0.1) is 13.2 Å². The topological polar surface area (TPSA) is 12.5 Å². The average molecular weight is 320 g/mol. The molecule has 1 aliphatic carbocycles. The number of hydrogen-bond acceptors (Lipinski definition) is 2. The number of allylic oxidation sites excluding steroid dienone is 1. The summed E-state index contributed by atoms with van der Waals surface area (Å²) in [5.74, 6) is 2.56. The maximum Gasteiger partial charge on any atom is 0.0547 e. The average Bonchev–Trinajstić information content (AvgIpc) is 2.53. The minimum Gasteiger partial charge on any atom is -0.381 e. The van der Waals surface area contributed by atoms with E-state index < -0.39 is 0 Å². The third-order valence-corrected chi connectivity index (χ3v) is 7.59. The van der Waals surface area contributed by atoms with Crippen LogP contribution in [0, 0.1) is 28.6 Å². The van der Waals surface area contributed by atoms with Gasteiger partial charge in [-0.1, -0.05) is 46.1 Å². The van der Waals surface area contributed by atoms with Crippen LogP contribution in [-0.2, 0) is 4.74 Å². The van der Waals surface area contributed by atoms with E-state index in [9.17, 15) is 0 Å². The SMILES string of the molecule is CC(CCC(C)C1(C)C=CN(C)CC1)C1CCCCC12COC2. The first kappa shape index (κ1) is 17.3. The van der Waals surface area contributed by atoms with Crippen molar-refractivity contribution in [2.75, 3.05) is 26.8 Å². The van der Waals surface area contributed by atoms with E-state index in [2.05, 4.69) is 45.0 Å². The molecule has 0 N–H and O–H groups in total. The molecule has 2 heterocycles. The molecule has 2 heteroatoms. The molecular formula is C21H37NO. The van der Waals surface area contributed by atoms with E-state index in [0.29, 0.717) is 10.8 Å². The zero-order valence-electron chi connectivity index (χ0n) is 15.8. The van der Waals surface area contributed by atoms with E-state index >= 15 is 0 Å². The fourth-order valence-electron chi connectivity index (χ4n) is 5.27. The van der Waals surface area contributed by atoms with Crippen LogP contribution in [0.25, 0.3) is 0 Å².